The highest BCUT2D eigenvalue weighted by atomic mass is 16.5. The summed E-state index contributed by atoms with van der Waals surface area (Å²) in [4.78, 5) is 8.43. The fraction of sp³-hybridized carbons (Fsp3) is 0.600. The van der Waals surface area contributed by atoms with Crippen LogP contribution in [0, 0.1) is 0 Å². The van der Waals surface area contributed by atoms with E-state index in [1.165, 1.54) is 0 Å². The van der Waals surface area contributed by atoms with Gasteiger partial charge < -0.3 is 10.2 Å². The SMILES string of the molecule is CCc1nc(NN)cc(OC(C)(C)C)n1. The first-order chi connectivity index (χ1) is 6.94. The van der Waals surface area contributed by atoms with Crippen LogP contribution in [-0.4, -0.2) is 15.6 Å². The lowest BCUT2D eigenvalue weighted by Crippen LogP contribution is -2.24. The van der Waals surface area contributed by atoms with Gasteiger partial charge in [-0.25, -0.2) is 10.8 Å². The molecule has 0 fully saturated rings. The van der Waals surface area contributed by atoms with Crippen LogP contribution in [0.25, 0.3) is 0 Å². The fourth-order valence-electron chi connectivity index (χ4n) is 1.07. The standard InChI is InChI=1S/C10H18N4O/c1-5-7-12-8(14-11)6-9(13-7)15-10(2,3)4/h6H,5,11H2,1-4H3,(H,12,13,14). The smallest absolute Gasteiger partial charge is 0.219 e. The second kappa shape index (κ2) is 4.44. The minimum absolute atomic E-state index is 0.273. The summed E-state index contributed by atoms with van der Waals surface area (Å²) in [6, 6.07) is 1.68. The third-order valence-corrected chi connectivity index (χ3v) is 1.62. The van der Waals surface area contributed by atoms with Crippen LogP contribution in [0.1, 0.15) is 33.5 Å². The number of hydrogen-bond acceptors (Lipinski definition) is 5. The van der Waals surface area contributed by atoms with E-state index in [0.29, 0.717) is 17.5 Å². The van der Waals surface area contributed by atoms with Crippen molar-refractivity contribution in [3.05, 3.63) is 11.9 Å². The molecule has 15 heavy (non-hydrogen) atoms. The van der Waals surface area contributed by atoms with Crippen molar-refractivity contribution < 1.29 is 4.74 Å². The van der Waals surface area contributed by atoms with Crippen LogP contribution in [0.5, 0.6) is 5.88 Å². The molecule has 0 saturated heterocycles. The molecule has 0 aromatic carbocycles. The van der Waals surface area contributed by atoms with Gasteiger partial charge in [0.1, 0.15) is 17.2 Å². The molecule has 1 aromatic heterocycles. The number of nitrogens with one attached hydrogen (secondary N) is 1. The number of nitrogens with two attached hydrogens (primary N) is 1. The maximum atomic E-state index is 5.64. The molecule has 1 aromatic rings. The molecule has 0 amide bonds. The molecule has 5 heteroatoms. The van der Waals surface area contributed by atoms with Gasteiger partial charge in [-0.2, -0.15) is 4.98 Å². The number of anilines is 1. The monoisotopic (exact) mass is 210 g/mol. The Morgan fingerprint density at radius 2 is 2.07 bits per heavy atom. The van der Waals surface area contributed by atoms with Gasteiger partial charge in [-0.3, -0.25) is 0 Å². The van der Waals surface area contributed by atoms with E-state index in [-0.39, 0.29) is 5.60 Å². The zero-order chi connectivity index (χ0) is 11.5. The number of rotatable bonds is 3. The number of ether oxygens (including phenoxy) is 1. The summed E-state index contributed by atoms with van der Waals surface area (Å²) < 4.78 is 5.64. The van der Waals surface area contributed by atoms with Crippen molar-refractivity contribution in [1.29, 1.82) is 0 Å². The summed E-state index contributed by atoms with van der Waals surface area (Å²) in [5.41, 5.74) is 2.22. The average molecular weight is 210 g/mol. The summed E-state index contributed by atoms with van der Waals surface area (Å²) >= 11 is 0. The van der Waals surface area contributed by atoms with E-state index in [2.05, 4.69) is 15.4 Å². The number of nitrogen functional groups attached to an aromatic ring is 1. The van der Waals surface area contributed by atoms with Crippen LogP contribution in [0.4, 0.5) is 5.82 Å². The number of aryl methyl sites for hydroxylation is 1. The minimum atomic E-state index is -0.273. The van der Waals surface area contributed by atoms with Crippen molar-refractivity contribution >= 4 is 5.82 Å². The summed E-state index contributed by atoms with van der Waals surface area (Å²) in [5, 5.41) is 0. The van der Waals surface area contributed by atoms with Crippen molar-refractivity contribution in [2.45, 2.75) is 39.7 Å². The van der Waals surface area contributed by atoms with Crippen LogP contribution in [0.15, 0.2) is 6.07 Å². The van der Waals surface area contributed by atoms with Gasteiger partial charge in [0, 0.05) is 12.5 Å². The fourth-order valence-corrected chi connectivity index (χ4v) is 1.07. The van der Waals surface area contributed by atoms with Crippen molar-refractivity contribution in [2.24, 2.45) is 5.84 Å². The van der Waals surface area contributed by atoms with Gasteiger partial charge in [0.2, 0.25) is 5.88 Å². The first kappa shape index (κ1) is 11.7. The lowest BCUT2D eigenvalue weighted by molar-refractivity contribution is 0.123. The Hall–Kier alpha value is -1.36. The van der Waals surface area contributed by atoms with E-state index in [4.69, 9.17) is 10.6 Å². The molecule has 84 valence electrons. The molecule has 0 aliphatic carbocycles. The van der Waals surface area contributed by atoms with Crippen LogP contribution in [-0.2, 0) is 6.42 Å². The molecule has 3 N–H and O–H groups in total. The van der Waals surface area contributed by atoms with Crippen LogP contribution < -0.4 is 16.0 Å². The predicted octanol–water partition coefficient (Wildman–Crippen LogP) is 1.50. The van der Waals surface area contributed by atoms with Gasteiger partial charge in [0.15, 0.2) is 0 Å². The molecule has 0 radical (unpaired) electrons. The topological polar surface area (TPSA) is 73.1 Å². The molecular weight excluding hydrogens is 192 g/mol. The molecule has 0 atom stereocenters. The van der Waals surface area contributed by atoms with E-state index < -0.39 is 0 Å². The molecule has 0 bridgehead atoms. The van der Waals surface area contributed by atoms with E-state index in [0.717, 1.165) is 6.42 Å². The Labute approximate surface area is 90.0 Å². The van der Waals surface area contributed by atoms with Crippen molar-refractivity contribution in [3.8, 4) is 5.88 Å². The maximum absolute atomic E-state index is 5.64. The second-order valence-corrected chi connectivity index (χ2v) is 4.22. The highest BCUT2D eigenvalue weighted by Gasteiger charge is 2.14. The van der Waals surface area contributed by atoms with Gasteiger partial charge in [0.05, 0.1) is 0 Å². The lowest BCUT2D eigenvalue weighted by atomic mass is 10.2. The van der Waals surface area contributed by atoms with Crippen molar-refractivity contribution in [1.82, 2.24) is 9.97 Å². The Balaban J connectivity index is 2.97. The van der Waals surface area contributed by atoms with E-state index in [1.807, 2.05) is 27.7 Å². The zero-order valence-corrected chi connectivity index (χ0v) is 9.66. The number of hydrogen-bond donors (Lipinski definition) is 2. The summed E-state index contributed by atoms with van der Waals surface area (Å²) in [6.45, 7) is 7.89. The lowest BCUT2D eigenvalue weighted by Gasteiger charge is -2.20. The largest absolute Gasteiger partial charge is 0.472 e. The Bertz CT molecular complexity index is 310. The van der Waals surface area contributed by atoms with Gasteiger partial charge >= 0.3 is 0 Å². The molecule has 0 saturated carbocycles. The highest BCUT2D eigenvalue weighted by molar-refractivity contribution is 5.37. The summed E-state index contributed by atoms with van der Waals surface area (Å²) in [7, 11) is 0. The highest BCUT2D eigenvalue weighted by Crippen LogP contribution is 2.18. The molecule has 0 aliphatic heterocycles. The van der Waals surface area contributed by atoms with E-state index in [9.17, 15) is 0 Å². The Morgan fingerprint density at radius 3 is 2.53 bits per heavy atom. The molecular formula is C10H18N4O. The van der Waals surface area contributed by atoms with E-state index in [1.54, 1.807) is 6.07 Å². The second-order valence-electron chi connectivity index (χ2n) is 4.22. The molecule has 0 unspecified atom stereocenters. The maximum Gasteiger partial charge on any atom is 0.219 e. The number of nitrogens with zero attached hydrogens (tertiary/aromatic N) is 2. The zero-order valence-electron chi connectivity index (χ0n) is 9.66. The Morgan fingerprint density at radius 1 is 1.40 bits per heavy atom. The van der Waals surface area contributed by atoms with Gasteiger partial charge in [0.25, 0.3) is 0 Å². The van der Waals surface area contributed by atoms with Gasteiger partial charge in [-0.1, -0.05) is 6.92 Å². The predicted molar refractivity (Wildman–Crippen MR) is 59.6 cm³/mol. The van der Waals surface area contributed by atoms with Crippen LogP contribution in [0.3, 0.4) is 0 Å². The molecule has 5 nitrogen and oxygen atoms in total. The first-order valence-electron chi connectivity index (χ1n) is 4.98. The first-order valence-corrected chi connectivity index (χ1v) is 4.98. The third kappa shape index (κ3) is 3.71. The van der Waals surface area contributed by atoms with E-state index >= 15 is 0 Å². The summed E-state index contributed by atoms with van der Waals surface area (Å²) in [5.74, 6) is 7.14. The van der Waals surface area contributed by atoms with Crippen LogP contribution in [0.2, 0.25) is 0 Å². The number of aromatic nitrogens is 2. The van der Waals surface area contributed by atoms with Crippen molar-refractivity contribution in [3.63, 3.8) is 0 Å². The minimum Gasteiger partial charge on any atom is -0.472 e. The summed E-state index contributed by atoms with van der Waals surface area (Å²) in [6.07, 6.45) is 0.746. The van der Waals surface area contributed by atoms with Gasteiger partial charge in [-0.05, 0) is 20.8 Å². The van der Waals surface area contributed by atoms with Gasteiger partial charge in [-0.15, -0.1) is 0 Å². The van der Waals surface area contributed by atoms with Crippen molar-refractivity contribution in [2.75, 3.05) is 5.43 Å². The third-order valence-electron chi connectivity index (χ3n) is 1.62. The molecule has 1 rings (SSSR count). The molecule has 0 aliphatic rings. The Kier molecular flexibility index (Phi) is 3.47. The normalized spacial score (nSPS) is 11.3. The molecule has 1 heterocycles. The molecule has 0 spiro atoms. The average Bonchev–Trinajstić information content (AvgIpc) is 2.14. The quantitative estimate of drug-likeness (QED) is 0.584. The van der Waals surface area contributed by atoms with Crippen LogP contribution >= 0.6 is 0 Å². The number of hydrazine groups is 1.